The minimum atomic E-state index is 0.609. The normalized spacial score (nSPS) is 16.1. The van der Waals surface area contributed by atoms with Gasteiger partial charge in [-0.15, -0.1) is 0 Å². The molecule has 1 fully saturated rings. The first-order valence-corrected chi connectivity index (χ1v) is 10.7. The summed E-state index contributed by atoms with van der Waals surface area (Å²) in [5.74, 6) is 0.979. The number of rotatable bonds is 6. The van der Waals surface area contributed by atoms with Crippen molar-refractivity contribution < 1.29 is 4.74 Å². The van der Waals surface area contributed by atoms with E-state index in [1.165, 1.54) is 61.6 Å². The molecule has 1 saturated carbocycles. The molecule has 0 amide bonds. The minimum Gasteiger partial charge on any atom is -0.489 e. The zero-order chi connectivity index (χ0) is 18.2. The number of ether oxygens (including phenoxy) is 1. The van der Waals surface area contributed by atoms with Gasteiger partial charge in [0, 0.05) is 22.6 Å². The van der Waals surface area contributed by atoms with Crippen molar-refractivity contribution in [2.45, 2.75) is 71.1 Å². The van der Waals surface area contributed by atoms with E-state index in [1.54, 1.807) is 0 Å². The summed E-state index contributed by atoms with van der Waals surface area (Å²) in [6.45, 7) is 3.59. The molecule has 0 unspecified atom stereocenters. The molecule has 3 rings (SSSR count). The van der Waals surface area contributed by atoms with Crippen LogP contribution in [0.4, 0.5) is 0 Å². The Bertz CT molecular complexity index is 675. The molecule has 0 saturated heterocycles. The van der Waals surface area contributed by atoms with Gasteiger partial charge in [-0.05, 0) is 43.5 Å². The highest BCUT2D eigenvalue weighted by molar-refractivity contribution is 9.10. The highest BCUT2D eigenvalue weighted by Crippen LogP contribution is 2.25. The zero-order valence-electron chi connectivity index (χ0n) is 15.8. The number of benzene rings is 2. The molecule has 0 aromatic heterocycles. The molecule has 0 radical (unpaired) electrons. The van der Waals surface area contributed by atoms with Crippen LogP contribution in [0.1, 0.15) is 61.6 Å². The average molecular weight is 416 g/mol. The Morgan fingerprint density at radius 3 is 2.38 bits per heavy atom. The van der Waals surface area contributed by atoms with Crippen molar-refractivity contribution >= 4 is 15.9 Å². The first-order chi connectivity index (χ1) is 12.7. The van der Waals surface area contributed by atoms with Crippen molar-refractivity contribution in [3.8, 4) is 5.75 Å². The Kier molecular flexibility index (Phi) is 7.57. The fourth-order valence-electron chi connectivity index (χ4n) is 3.59. The number of aryl methyl sites for hydroxylation is 1. The van der Waals surface area contributed by atoms with Crippen LogP contribution in [0.15, 0.2) is 46.9 Å². The predicted molar refractivity (Wildman–Crippen MR) is 113 cm³/mol. The monoisotopic (exact) mass is 415 g/mol. The summed E-state index contributed by atoms with van der Waals surface area (Å²) in [5.41, 5.74) is 3.72. The molecule has 26 heavy (non-hydrogen) atoms. The van der Waals surface area contributed by atoms with Gasteiger partial charge >= 0.3 is 0 Å². The quantitative estimate of drug-likeness (QED) is 0.577. The molecule has 0 spiro atoms. The average Bonchev–Trinajstić information content (AvgIpc) is 2.61. The standard InChI is InChI=1S/C23H30BrNO/c1-18-9-11-19(12-10-18)17-26-23-14-13-21(24)15-20(23)16-25-22-7-5-3-2-4-6-8-22/h9-15,22,25H,2-8,16-17H2,1H3. The SMILES string of the molecule is Cc1ccc(COc2ccc(Br)cc2CNC2CCCCCCC2)cc1. The van der Waals surface area contributed by atoms with Gasteiger partial charge in [0.25, 0.3) is 0 Å². The summed E-state index contributed by atoms with van der Waals surface area (Å²) in [4.78, 5) is 0. The molecule has 1 aliphatic rings. The topological polar surface area (TPSA) is 21.3 Å². The summed E-state index contributed by atoms with van der Waals surface area (Å²) in [6, 6.07) is 15.5. The van der Waals surface area contributed by atoms with Gasteiger partial charge in [-0.1, -0.05) is 77.9 Å². The summed E-state index contributed by atoms with van der Waals surface area (Å²) in [5, 5.41) is 3.78. The predicted octanol–water partition coefficient (Wildman–Crippen LogP) is 6.54. The third-order valence-corrected chi connectivity index (χ3v) is 5.72. The molecule has 0 heterocycles. The molecule has 2 aromatic rings. The zero-order valence-corrected chi connectivity index (χ0v) is 17.4. The Morgan fingerprint density at radius 1 is 0.962 bits per heavy atom. The van der Waals surface area contributed by atoms with Gasteiger partial charge in [0.2, 0.25) is 0 Å². The lowest BCUT2D eigenvalue weighted by Crippen LogP contribution is -2.29. The van der Waals surface area contributed by atoms with Crippen LogP contribution in [0, 0.1) is 6.92 Å². The number of halogens is 1. The number of hydrogen-bond donors (Lipinski definition) is 1. The largest absolute Gasteiger partial charge is 0.489 e. The van der Waals surface area contributed by atoms with Crippen LogP contribution in [0.5, 0.6) is 5.75 Å². The summed E-state index contributed by atoms with van der Waals surface area (Å²) in [7, 11) is 0. The fraction of sp³-hybridized carbons (Fsp3) is 0.478. The Labute approximate surface area is 166 Å². The van der Waals surface area contributed by atoms with E-state index in [-0.39, 0.29) is 0 Å². The van der Waals surface area contributed by atoms with Gasteiger partial charge in [0.15, 0.2) is 0 Å². The lowest BCUT2D eigenvalue weighted by atomic mass is 9.96. The van der Waals surface area contributed by atoms with Gasteiger partial charge in [-0.25, -0.2) is 0 Å². The third-order valence-electron chi connectivity index (χ3n) is 5.22. The molecule has 0 atom stereocenters. The highest BCUT2D eigenvalue weighted by atomic mass is 79.9. The first kappa shape index (κ1) is 19.4. The van der Waals surface area contributed by atoms with Gasteiger partial charge in [0.1, 0.15) is 12.4 Å². The molecular weight excluding hydrogens is 386 g/mol. The molecule has 2 aromatic carbocycles. The molecule has 2 nitrogen and oxygen atoms in total. The van der Waals surface area contributed by atoms with Crippen molar-refractivity contribution in [1.29, 1.82) is 0 Å². The molecule has 0 aliphatic heterocycles. The molecule has 3 heteroatoms. The van der Waals surface area contributed by atoms with Crippen molar-refractivity contribution in [2.24, 2.45) is 0 Å². The third kappa shape index (κ3) is 6.14. The van der Waals surface area contributed by atoms with Crippen molar-refractivity contribution in [3.05, 3.63) is 63.6 Å². The van der Waals surface area contributed by atoms with Crippen LogP contribution in [-0.4, -0.2) is 6.04 Å². The van der Waals surface area contributed by atoms with Crippen molar-refractivity contribution in [1.82, 2.24) is 5.32 Å². The van der Waals surface area contributed by atoms with Crippen molar-refractivity contribution in [2.75, 3.05) is 0 Å². The maximum Gasteiger partial charge on any atom is 0.124 e. The van der Waals surface area contributed by atoms with E-state index >= 15 is 0 Å². The lowest BCUT2D eigenvalue weighted by Gasteiger charge is -2.22. The van der Waals surface area contributed by atoms with Gasteiger partial charge in [0.05, 0.1) is 0 Å². The van der Waals surface area contributed by atoms with E-state index in [9.17, 15) is 0 Å². The second-order valence-corrected chi connectivity index (χ2v) is 8.36. The highest BCUT2D eigenvalue weighted by Gasteiger charge is 2.12. The van der Waals surface area contributed by atoms with E-state index in [2.05, 4.69) is 70.6 Å². The molecule has 1 N–H and O–H groups in total. The van der Waals surface area contributed by atoms with Crippen LogP contribution < -0.4 is 10.1 Å². The van der Waals surface area contributed by atoms with Crippen LogP contribution >= 0.6 is 15.9 Å². The Balaban J connectivity index is 1.60. The van der Waals surface area contributed by atoms with E-state index in [4.69, 9.17) is 4.74 Å². The number of nitrogens with one attached hydrogen (secondary N) is 1. The molecule has 140 valence electrons. The Morgan fingerprint density at radius 2 is 1.65 bits per heavy atom. The van der Waals surface area contributed by atoms with Gasteiger partial charge in [-0.2, -0.15) is 0 Å². The molecule has 0 bridgehead atoms. The summed E-state index contributed by atoms with van der Waals surface area (Å²) in [6.07, 6.45) is 9.50. The second kappa shape index (κ2) is 10.1. The van der Waals surface area contributed by atoms with Crippen LogP contribution in [0.2, 0.25) is 0 Å². The lowest BCUT2D eigenvalue weighted by molar-refractivity contribution is 0.300. The van der Waals surface area contributed by atoms with Gasteiger partial charge in [-0.3, -0.25) is 0 Å². The molecular formula is C23H30BrNO. The summed E-state index contributed by atoms with van der Waals surface area (Å²) < 4.78 is 7.25. The fourth-order valence-corrected chi connectivity index (χ4v) is 4.00. The van der Waals surface area contributed by atoms with E-state index < -0.39 is 0 Å². The molecule has 1 aliphatic carbocycles. The maximum atomic E-state index is 6.14. The van der Waals surface area contributed by atoms with E-state index in [1.807, 2.05) is 0 Å². The van der Waals surface area contributed by atoms with Crippen molar-refractivity contribution in [3.63, 3.8) is 0 Å². The summed E-state index contributed by atoms with van der Waals surface area (Å²) >= 11 is 3.61. The maximum absolute atomic E-state index is 6.14. The van der Waals surface area contributed by atoms with Crippen LogP contribution in [0.25, 0.3) is 0 Å². The Hall–Kier alpha value is -1.32. The minimum absolute atomic E-state index is 0.609. The smallest absolute Gasteiger partial charge is 0.124 e. The number of hydrogen-bond acceptors (Lipinski definition) is 2. The van der Waals surface area contributed by atoms with Gasteiger partial charge < -0.3 is 10.1 Å². The van der Waals surface area contributed by atoms with E-state index in [0.29, 0.717) is 12.6 Å². The van der Waals surface area contributed by atoms with E-state index in [0.717, 1.165) is 16.8 Å². The van der Waals surface area contributed by atoms with Crippen LogP contribution in [-0.2, 0) is 13.2 Å². The first-order valence-electron chi connectivity index (χ1n) is 9.91. The van der Waals surface area contributed by atoms with Crippen LogP contribution in [0.3, 0.4) is 0 Å². The second-order valence-electron chi connectivity index (χ2n) is 7.45.